The van der Waals surface area contributed by atoms with E-state index in [1.807, 2.05) is 32.9 Å². The van der Waals surface area contributed by atoms with Crippen LogP contribution < -0.4 is 10.7 Å². The molecule has 1 N–H and O–H groups in total. The third-order valence-electron chi connectivity index (χ3n) is 5.47. The molecule has 1 amide bonds. The summed E-state index contributed by atoms with van der Waals surface area (Å²) in [5.74, 6) is -0.370. The number of nitriles is 1. The number of hydrogen-bond acceptors (Lipinski definition) is 3. The number of nitrogens with zero attached hydrogens (tertiary/aromatic N) is 2. The molecule has 0 unspecified atom stereocenters. The lowest BCUT2D eigenvalue weighted by Crippen LogP contribution is -2.31. The molecule has 6 heteroatoms. The van der Waals surface area contributed by atoms with Gasteiger partial charge in [0.25, 0.3) is 5.91 Å². The number of carbonyl (C=O) groups is 1. The molecule has 0 bridgehead atoms. The van der Waals surface area contributed by atoms with Crippen LogP contribution in [0.5, 0.6) is 0 Å². The Kier molecular flexibility index (Phi) is 6.04. The summed E-state index contributed by atoms with van der Waals surface area (Å²) >= 11 is 3.39. The van der Waals surface area contributed by atoms with Crippen LogP contribution in [0.15, 0.2) is 21.4 Å². The van der Waals surface area contributed by atoms with Crippen LogP contribution >= 0.6 is 15.9 Å². The molecule has 0 saturated carbocycles. The lowest BCUT2D eigenvalue weighted by Gasteiger charge is -2.25. The van der Waals surface area contributed by atoms with E-state index in [0.717, 1.165) is 54.0 Å². The van der Waals surface area contributed by atoms with Gasteiger partial charge in [-0.2, -0.15) is 5.26 Å². The Morgan fingerprint density at radius 3 is 2.46 bits per heavy atom. The molecule has 0 saturated heterocycles. The lowest BCUT2D eigenvalue weighted by atomic mass is 9.98. The summed E-state index contributed by atoms with van der Waals surface area (Å²) in [6.07, 6.45) is 4.11. The van der Waals surface area contributed by atoms with Crippen molar-refractivity contribution in [2.24, 2.45) is 0 Å². The van der Waals surface area contributed by atoms with Crippen LogP contribution in [-0.4, -0.2) is 10.5 Å². The van der Waals surface area contributed by atoms with E-state index >= 15 is 0 Å². The summed E-state index contributed by atoms with van der Waals surface area (Å²) in [4.78, 5) is 26.2. The van der Waals surface area contributed by atoms with E-state index in [-0.39, 0.29) is 16.9 Å². The largest absolute Gasteiger partial charge is 0.347 e. The first kappa shape index (κ1) is 20.3. The first-order valence-corrected chi connectivity index (χ1v) is 10.5. The smallest absolute Gasteiger partial charge is 0.261 e. The number of rotatable bonds is 4. The van der Waals surface area contributed by atoms with Gasteiger partial charge in [-0.3, -0.25) is 9.59 Å². The van der Waals surface area contributed by atoms with Gasteiger partial charge in [0.15, 0.2) is 0 Å². The highest BCUT2D eigenvalue weighted by molar-refractivity contribution is 9.10. The van der Waals surface area contributed by atoms with Gasteiger partial charge in [0.05, 0.1) is 16.1 Å². The summed E-state index contributed by atoms with van der Waals surface area (Å²) in [7, 11) is 0. The van der Waals surface area contributed by atoms with Crippen LogP contribution in [0.4, 0.5) is 5.69 Å². The molecule has 0 fully saturated rings. The third kappa shape index (κ3) is 3.51. The maximum absolute atomic E-state index is 13.3. The highest BCUT2D eigenvalue weighted by Crippen LogP contribution is 2.27. The molecule has 2 aromatic rings. The van der Waals surface area contributed by atoms with Crippen molar-refractivity contribution in [3.63, 3.8) is 0 Å². The Bertz CT molecular complexity index is 1020. The molecule has 0 aliphatic carbocycles. The molecule has 1 aromatic carbocycles. The highest BCUT2D eigenvalue weighted by Gasteiger charge is 2.26. The molecule has 0 spiro atoms. The number of fused-ring (bicyclic) bond motifs is 1. The Balaban J connectivity index is 2.12. The zero-order valence-electron chi connectivity index (χ0n) is 16.5. The number of pyridine rings is 1. The minimum atomic E-state index is -0.370. The van der Waals surface area contributed by atoms with Crippen molar-refractivity contribution < 1.29 is 4.79 Å². The van der Waals surface area contributed by atoms with Gasteiger partial charge in [0, 0.05) is 23.6 Å². The van der Waals surface area contributed by atoms with Crippen molar-refractivity contribution in [2.75, 3.05) is 5.32 Å². The lowest BCUT2D eigenvalue weighted by molar-refractivity contribution is 0.102. The molecule has 3 rings (SSSR count). The van der Waals surface area contributed by atoms with Gasteiger partial charge in [0.1, 0.15) is 5.56 Å². The molecule has 1 aliphatic heterocycles. The van der Waals surface area contributed by atoms with Crippen molar-refractivity contribution in [3.8, 4) is 6.07 Å². The van der Waals surface area contributed by atoms with Crippen molar-refractivity contribution in [3.05, 3.63) is 60.5 Å². The van der Waals surface area contributed by atoms with Gasteiger partial charge in [-0.25, -0.2) is 0 Å². The molecular weight excluding hydrogens is 418 g/mol. The third-order valence-corrected chi connectivity index (χ3v) is 6.40. The predicted octanol–water partition coefficient (Wildman–Crippen LogP) is 4.50. The van der Waals surface area contributed by atoms with E-state index < -0.39 is 0 Å². The molecular formula is C22H24BrN3O2. The molecule has 1 aliphatic rings. The molecule has 5 nitrogen and oxygen atoms in total. The van der Waals surface area contributed by atoms with Crippen LogP contribution in [0.3, 0.4) is 0 Å². The predicted molar refractivity (Wildman–Crippen MR) is 114 cm³/mol. The minimum absolute atomic E-state index is 0.227. The van der Waals surface area contributed by atoms with Gasteiger partial charge >= 0.3 is 0 Å². The van der Waals surface area contributed by atoms with Gasteiger partial charge < -0.3 is 9.88 Å². The topological polar surface area (TPSA) is 74.9 Å². The van der Waals surface area contributed by atoms with Gasteiger partial charge in [-0.15, -0.1) is 0 Å². The zero-order chi connectivity index (χ0) is 20.4. The van der Waals surface area contributed by atoms with Crippen LogP contribution in [0.1, 0.15) is 65.1 Å². The summed E-state index contributed by atoms with van der Waals surface area (Å²) < 4.78 is 2.54. The monoisotopic (exact) mass is 441 g/mol. The number of aryl methyl sites for hydroxylation is 2. The average molecular weight is 442 g/mol. The van der Waals surface area contributed by atoms with Crippen molar-refractivity contribution in [1.29, 1.82) is 5.26 Å². The fourth-order valence-electron chi connectivity index (χ4n) is 3.95. The van der Waals surface area contributed by atoms with E-state index in [1.165, 1.54) is 0 Å². The minimum Gasteiger partial charge on any atom is -0.347 e. The Hall–Kier alpha value is -2.39. The van der Waals surface area contributed by atoms with Crippen molar-refractivity contribution >= 4 is 27.5 Å². The summed E-state index contributed by atoms with van der Waals surface area (Å²) in [5.41, 5.74) is 4.78. The second kappa shape index (κ2) is 8.32. The number of carbonyl (C=O) groups excluding carboxylic acids is 1. The fraction of sp³-hybridized carbons (Fsp3) is 0.409. The maximum atomic E-state index is 13.3. The zero-order valence-corrected chi connectivity index (χ0v) is 18.1. The number of benzene rings is 1. The van der Waals surface area contributed by atoms with E-state index in [0.29, 0.717) is 22.9 Å². The van der Waals surface area contributed by atoms with Crippen LogP contribution in [0.2, 0.25) is 0 Å². The average Bonchev–Trinajstić information content (AvgIpc) is 2.72. The van der Waals surface area contributed by atoms with Crippen molar-refractivity contribution in [2.45, 2.75) is 59.4 Å². The van der Waals surface area contributed by atoms with E-state index in [9.17, 15) is 14.9 Å². The number of halogens is 1. The van der Waals surface area contributed by atoms with E-state index in [4.69, 9.17) is 0 Å². The fourth-order valence-corrected chi connectivity index (χ4v) is 4.36. The molecule has 28 heavy (non-hydrogen) atoms. The van der Waals surface area contributed by atoms with E-state index in [1.54, 1.807) is 0 Å². The summed E-state index contributed by atoms with van der Waals surface area (Å²) in [6.45, 7) is 6.71. The first-order valence-electron chi connectivity index (χ1n) is 9.71. The summed E-state index contributed by atoms with van der Waals surface area (Å²) in [6, 6.07) is 5.80. The molecule has 1 aromatic heterocycles. The standard InChI is InChI=1S/C22H24BrN3O2/c1-4-15-10-14(12-24)11-16(5-2)20(15)25-22(28)18-17-8-6-7-9-26(17)13(3)19(23)21(18)27/h10-11H,4-9H2,1-3H3,(H,25,28). The van der Waals surface area contributed by atoms with Crippen LogP contribution in [-0.2, 0) is 25.8 Å². The molecule has 0 atom stereocenters. The Labute approximate surface area is 173 Å². The molecule has 146 valence electrons. The number of nitrogens with one attached hydrogen (secondary N) is 1. The van der Waals surface area contributed by atoms with Crippen molar-refractivity contribution in [1.82, 2.24) is 4.57 Å². The van der Waals surface area contributed by atoms with Crippen LogP contribution in [0.25, 0.3) is 0 Å². The number of hydrogen-bond donors (Lipinski definition) is 1. The summed E-state index contributed by atoms with van der Waals surface area (Å²) in [5, 5.41) is 12.3. The normalized spacial score (nSPS) is 13.0. The number of aromatic nitrogens is 1. The first-order chi connectivity index (χ1) is 13.4. The Morgan fingerprint density at radius 1 is 1.25 bits per heavy atom. The number of anilines is 1. The number of amides is 1. The van der Waals surface area contributed by atoms with E-state index in [2.05, 4.69) is 31.9 Å². The quantitative estimate of drug-likeness (QED) is 0.758. The van der Waals surface area contributed by atoms with Gasteiger partial charge in [-0.1, -0.05) is 13.8 Å². The molecule has 0 radical (unpaired) electrons. The second-order valence-electron chi connectivity index (χ2n) is 7.10. The van der Waals surface area contributed by atoms with Gasteiger partial charge in [0.2, 0.25) is 5.43 Å². The SMILES string of the molecule is CCc1cc(C#N)cc(CC)c1NC(=O)c1c2n(c(C)c(Br)c1=O)CCCC2. The maximum Gasteiger partial charge on any atom is 0.261 e. The second-order valence-corrected chi connectivity index (χ2v) is 7.89. The Morgan fingerprint density at radius 2 is 1.89 bits per heavy atom. The molecule has 2 heterocycles. The highest BCUT2D eigenvalue weighted by atomic mass is 79.9. The van der Waals surface area contributed by atoms with Gasteiger partial charge in [-0.05, 0) is 78.2 Å². The van der Waals surface area contributed by atoms with Crippen LogP contribution in [0, 0.1) is 18.3 Å².